The summed E-state index contributed by atoms with van der Waals surface area (Å²) in [5, 5.41) is 27.4. The van der Waals surface area contributed by atoms with Gasteiger partial charge in [0.05, 0.1) is 0 Å². The third-order valence-corrected chi connectivity index (χ3v) is 1.82. The van der Waals surface area contributed by atoms with Crippen LogP contribution < -0.4 is 0 Å². The summed E-state index contributed by atoms with van der Waals surface area (Å²) in [5.74, 6) is -0.701. The van der Waals surface area contributed by atoms with E-state index in [4.69, 9.17) is 10.2 Å². The van der Waals surface area contributed by atoms with Crippen molar-refractivity contribution in [2.24, 2.45) is 4.99 Å². The van der Waals surface area contributed by atoms with Crippen molar-refractivity contribution < 1.29 is 24.9 Å². The Morgan fingerprint density at radius 1 is 1.21 bits per heavy atom. The zero-order chi connectivity index (χ0) is 10.9. The van der Waals surface area contributed by atoms with Gasteiger partial charge in [0.25, 0.3) is 5.91 Å². The van der Waals surface area contributed by atoms with Gasteiger partial charge in [-0.15, -0.1) is 0 Å². The minimum Gasteiger partial charge on any atom is -0.387 e. The molecule has 1 rings (SSSR count). The number of aliphatic hydroxyl groups excluding tert-OH is 3. The molecule has 0 aromatic carbocycles. The first-order valence-corrected chi connectivity index (χ1v) is 4.19. The molecule has 0 saturated carbocycles. The summed E-state index contributed by atoms with van der Waals surface area (Å²) in [5.41, 5.74) is 0.515. The van der Waals surface area contributed by atoms with Crippen LogP contribution in [0.1, 0.15) is 13.8 Å². The van der Waals surface area contributed by atoms with Crippen LogP contribution >= 0.6 is 0 Å². The van der Waals surface area contributed by atoms with Gasteiger partial charge in [-0.3, -0.25) is 4.79 Å². The smallest absolute Gasteiger partial charge is 0.277 e. The van der Waals surface area contributed by atoms with E-state index in [1.807, 2.05) is 0 Å². The van der Waals surface area contributed by atoms with Crippen molar-refractivity contribution in [3.63, 3.8) is 0 Å². The van der Waals surface area contributed by atoms with E-state index in [9.17, 15) is 9.90 Å². The third-order valence-electron chi connectivity index (χ3n) is 1.82. The number of rotatable bonds is 1. The van der Waals surface area contributed by atoms with Crippen LogP contribution in [0.4, 0.5) is 0 Å². The number of aliphatic hydroxyl groups is 3. The Morgan fingerprint density at radius 3 is 2.14 bits per heavy atom. The number of ether oxygens (including phenoxy) is 1. The number of carbonyl (C=O) groups excluding carboxylic acids is 1. The topological polar surface area (TPSA) is 99.4 Å². The zero-order valence-corrected chi connectivity index (χ0v) is 7.91. The van der Waals surface area contributed by atoms with Crippen molar-refractivity contribution >= 4 is 11.6 Å². The number of hydrogen-bond donors (Lipinski definition) is 3. The number of amides is 1. The van der Waals surface area contributed by atoms with E-state index in [1.165, 1.54) is 0 Å². The first-order valence-electron chi connectivity index (χ1n) is 4.19. The Bertz CT molecular complexity index is 260. The van der Waals surface area contributed by atoms with Crippen molar-refractivity contribution in [3.05, 3.63) is 0 Å². The average Bonchev–Trinajstić information content (AvgIpc) is 2.32. The van der Waals surface area contributed by atoms with Crippen molar-refractivity contribution in [1.82, 2.24) is 0 Å². The molecular formula is C8H13NO5. The van der Waals surface area contributed by atoms with Crippen LogP contribution in [0.15, 0.2) is 4.99 Å². The van der Waals surface area contributed by atoms with Crippen LogP contribution in [0, 0.1) is 0 Å². The SMILES string of the molecule is CC(C)=NC(=O)[C@H]1O[C@@H](O)[C@H](O)[C@@H]1O. The monoisotopic (exact) mass is 203 g/mol. The van der Waals surface area contributed by atoms with E-state index < -0.39 is 30.5 Å². The molecule has 1 fully saturated rings. The molecule has 0 radical (unpaired) electrons. The highest BCUT2D eigenvalue weighted by Crippen LogP contribution is 2.20. The number of hydrogen-bond acceptors (Lipinski definition) is 5. The standard InChI is InChI=1S/C8H13NO5/c1-3(2)9-7(12)6-4(10)5(11)8(13)14-6/h4-6,8,10-11,13H,1-2H3/t4-,5+,6-,8+/m0/s1. The van der Waals surface area contributed by atoms with Gasteiger partial charge in [-0.25, -0.2) is 4.99 Å². The Hall–Kier alpha value is -0.820. The van der Waals surface area contributed by atoms with Gasteiger partial charge < -0.3 is 20.1 Å². The minimum absolute atomic E-state index is 0.515. The Morgan fingerprint density at radius 2 is 1.79 bits per heavy atom. The maximum absolute atomic E-state index is 11.3. The molecule has 0 bridgehead atoms. The molecule has 0 aliphatic carbocycles. The van der Waals surface area contributed by atoms with Crippen LogP contribution in [-0.2, 0) is 9.53 Å². The van der Waals surface area contributed by atoms with E-state index in [0.717, 1.165) is 0 Å². The fraction of sp³-hybridized carbons (Fsp3) is 0.750. The van der Waals surface area contributed by atoms with Crippen LogP contribution in [0.5, 0.6) is 0 Å². The molecule has 80 valence electrons. The van der Waals surface area contributed by atoms with Crippen LogP contribution in [0.3, 0.4) is 0 Å². The maximum Gasteiger partial charge on any atom is 0.277 e. The number of nitrogens with zero attached hydrogens (tertiary/aromatic N) is 1. The van der Waals surface area contributed by atoms with Gasteiger partial charge >= 0.3 is 0 Å². The first kappa shape index (κ1) is 11.3. The second kappa shape index (κ2) is 4.14. The molecule has 6 nitrogen and oxygen atoms in total. The molecule has 4 atom stereocenters. The Kier molecular flexibility index (Phi) is 3.33. The quantitative estimate of drug-likeness (QED) is 0.447. The molecule has 0 aromatic rings. The number of aliphatic imine (C=N–C) groups is 1. The fourth-order valence-electron chi connectivity index (χ4n) is 1.15. The van der Waals surface area contributed by atoms with Crippen molar-refractivity contribution in [3.8, 4) is 0 Å². The lowest BCUT2D eigenvalue weighted by molar-refractivity contribution is -0.148. The van der Waals surface area contributed by atoms with Crippen LogP contribution in [0.25, 0.3) is 0 Å². The van der Waals surface area contributed by atoms with Crippen LogP contribution in [-0.4, -0.2) is 51.5 Å². The van der Waals surface area contributed by atoms with Crippen molar-refractivity contribution in [1.29, 1.82) is 0 Å². The summed E-state index contributed by atoms with van der Waals surface area (Å²) < 4.78 is 4.65. The molecule has 0 unspecified atom stereocenters. The van der Waals surface area contributed by atoms with Gasteiger partial charge in [-0.05, 0) is 13.8 Å². The molecule has 0 aromatic heterocycles. The van der Waals surface area contributed by atoms with E-state index in [2.05, 4.69) is 9.73 Å². The molecule has 1 aliphatic heterocycles. The highest BCUT2D eigenvalue weighted by molar-refractivity contribution is 5.95. The van der Waals surface area contributed by atoms with Crippen molar-refractivity contribution in [2.45, 2.75) is 38.4 Å². The van der Waals surface area contributed by atoms with Crippen LogP contribution in [0.2, 0.25) is 0 Å². The summed E-state index contributed by atoms with van der Waals surface area (Å²) in [7, 11) is 0. The van der Waals surface area contributed by atoms with Gasteiger partial charge in [-0.2, -0.15) is 0 Å². The molecular weight excluding hydrogens is 190 g/mol. The van der Waals surface area contributed by atoms with E-state index >= 15 is 0 Å². The summed E-state index contributed by atoms with van der Waals surface area (Å²) >= 11 is 0. The predicted octanol–water partition coefficient (Wildman–Crippen LogP) is -1.57. The van der Waals surface area contributed by atoms with Gasteiger partial charge in [-0.1, -0.05) is 0 Å². The predicted molar refractivity (Wildman–Crippen MR) is 46.7 cm³/mol. The van der Waals surface area contributed by atoms with Gasteiger partial charge in [0.1, 0.15) is 12.2 Å². The van der Waals surface area contributed by atoms with E-state index in [0.29, 0.717) is 5.71 Å². The van der Waals surface area contributed by atoms with E-state index in [-0.39, 0.29) is 0 Å². The third kappa shape index (κ3) is 2.16. The molecule has 0 spiro atoms. The molecule has 1 aliphatic rings. The van der Waals surface area contributed by atoms with E-state index in [1.54, 1.807) is 13.8 Å². The van der Waals surface area contributed by atoms with Gasteiger partial charge in [0.15, 0.2) is 12.4 Å². The zero-order valence-electron chi connectivity index (χ0n) is 7.91. The normalized spacial score (nSPS) is 36.9. The molecule has 1 heterocycles. The first-order chi connectivity index (χ1) is 6.43. The highest BCUT2D eigenvalue weighted by atomic mass is 16.6. The Labute approximate surface area is 80.8 Å². The summed E-state index contributed by atoms with van der Waals surface area (Å²) in [6.07, 6.45) is -5.71. The highest BCUT2D eigenvalue weighted by Gasteiger charge is 2.45. The van der Waals surface area contributed by atoms with Gasteiger partial charge in [0, 0.05) is 5.71 Å². The molecule has 14 heavy (non-hydrogen) atoms. The lowest BCUT2D eigenvalue weighted by Crippen LogP contribution is -2.35. The summed E-state index contributed by atoms with van der Waals surface area (Å²) in [4.78, 5) is 14.8. The lowest BCUT2D eigenvalue weighted by Gasteiger charge is -2.09. The lowest BCUT2D eigenvalue weighted by atomic mass is 10.1. The molecule has 3 N–H and O–H groups in total. The average molecular weight is 203 g/mol. The summed E-state index contributed by atoms with van der Waals surface area (Å²) in [6, 6.07) is 0. The fourth-order valence-corrected chi connectivity index (χ4v) is 1.15. The van der Waals surface area contributed by atoms with Gasteiger partial charge in [0.2, 0.25) is 0 Å². The molecule has 1 saturated heterocycles. The minimum atomic E-state index is -1.54. The second-order valence-corrected chi connectivity index (χ2v) is 3.33. The number of carbonyl (C=O) groups is 1. The van der Waals surface area contributed by atoms with Crippen molar-refractivity contribution in [2.75, 3.05) is 0 Å². The maximum atomic E-state index is 11.3. The second-order valence-electron chi connectivity index (χ2n) is 3.33. The summed E-state index contributed by atoms with van der Waals surface area (Å²) in [6.45, 7) is 3.23. The largest absolute Gasteiger partial charge is 0.387 e. The molecule has 1 amide bonds. The Balaban J connectivity index is 2.72. The molecule has 6 heteroatoms.